The summed E-state index contributed by atoms with van der Waals surface area (Å²) in [5, 5.41) is 11.5. The van der Waals surface area contributed by atoms with Crippen molar-refractivity contribution in [3.63, 3.8) is 0 Å². The van der Waals surface area contributed by atoms with Crippen molar-refractivity contribution in [3.05, 3.63) is 47.8 Å². The van der Waals surface area contributed by atoms with Gasteiger partial charge < -0.3 is 14.9 Å². The molecule has 1 fully saturated rings. The molecule has 2 aromatic rings. The molecule has 27 heavy (non-hydrogen) atoms. The minimum Gasteiger partial charge on any atom is -0.497 e. The third kappa shape index (κ3) is 3.41. The molecule has 1 N–H and O–H groups in total. The van der Waals surface area contributed by atoms with Gasteiger partial charge in [-0.05, 0) is 30.5 Å². The Bertz CT molecular complexity index is 850. The smallest absolute Gasteiger partial charge is 0.265 e. The monoisotopic (exact) mass is 368 g/mol. The van der Waals surface area contributed by atoms with Crippen molar-refractivity contribution in [1.82, 2.24) is 15.1 Å². The molecule has 2 aliphatic rings. The molecule has 142 valence electrons. The predicted molar refractivity (Wildman–Crippen MR) is 101 cm³/mol. The van der Waals surface area contributed by atoms with Crippen LogP contribution in [0.2, 0.25) is 0 Å². The average Bonchev–Trinajstić information content (AvgIpc) is 3.42. The molecular weight excluding hydrogens is 344 g/mol. The molecule has 1 aliphatic carbocycles. The molecular formula is C20H24N4O3. The maximum absolute atomic E-state index is 12.9. The minimum absolute atomic E-state index is 0.115. The molecule has 4 rings (SSSR count). The van der Waals surface area contributed by atoms with Crippen LogP contribution in [-0.4, -0.2) is 34.6 Å². The molecule has 1 saturated carbocycles. The molecule has 2 heterocycles. The second kappa shape index (κ2) is 7.06. The van der Waals surface area contributed by atoms with E-state index in [0.29, 0.717) is 6.42 Å². The van der Waals surface area contributed by atoms with E-state index >= 15 is 0 Å². The molecule has 0 bridgehead atoms. The molecule has 1 aliphatic heterocycles. The summed E-state index contributed by atoms with van der Waals surface area (Å²) in [7, 11) is 3.50. The van der Waals surface area contributed by atoms with Gasteiger partial charge in [-0.3, -0.25) is 9.48 Å². The van der Waals surface area contributed by atoms with E-state index < -0.39 is 6.10 Å². The van der Waals surface area contributed by atoms with Crippen molar-refractivity contribution in [3.8, 4) is 5.75 Å². The van der Waals surface area contributed by atoms with Crippen LogP contribution in [0, 0.1) is 0 Å². The van der Waals surface area contributed by atoms with Crippen molar-refractivity contribution in [2.75, 3.05) is 7.11 Å². The molecule has 1 atom stereocenters. The lowest BCUT2D eigenvalue weighted by Gasteiger charge is -2.32. The number of aromatic nitrogens is 2. The van der Waals surface area contributed by atoms with Gasteiger partial charge in [-0.15, -0.1) is 0 Å². The molecule has 0 saturated heterocycles. The van der Waals surface area contributed by atoms with E-state index in [9.17, 15) is 4.79 Å². The zero-order chi connectivity index (χ0) is 18.9. The molecule has 0 radical (unpaired) electrons. The third-order valence-electron chi connectivity index (χ3n) is 5.46. The van der Waals surface area contributed by atoms with Crippen LogP contribution in [0.15, 0.2) is 41.8 Å². The van der Waals surface area contributed by atoms with E-state index in [1.807, 2.05) is 37.5 Å². The summed E-state index contributed by atoms with van der Waals surface area (Å²) in [5.74, 6) is 0.697. The van der Waals surface area contributed by atoms with Crippen molar-refractivity contribution in [1.29, 1.82) is 0 Å². The second-order valence-electron chi connectivity index (χ2n) is 7.25. The number of nitrogens with one attached hydrogen (secondary N) is 1. The van der Waals surface area contributed by atoms with E-state index in [1.54, 1.807) is 18.0 Å². The van der Waals surface area contributed by atoms with Gasteiger partial charge in [0.2, 0.25) is 6.10 Å². The van der Waals surface area contributed by atoms with Gasteiger partial charge >= 0.3 is 0 Å². The van der Waals surface area contributed by atoms with Crippen LogP contribution in [0.25, 0.3) is 0 Å². The summed E-state index contributed by atoms with van der Waals surface area (Å²) in [6.07, 6.45) is 7.50. The number of hydrogen-bond donors (Lipinski definition) is 1. The first kappa shape index (κ1) is 17.6. The summed E-state index contributed by atoms with van der Waals surface area (Å²) in [5.41, 5.74) is 2.41. The number of nitrogens with zero attached hydrogens (tertiary/aromatic N) is 3. The fourth-order valence-electron chi connectivity index (χ4n) is 3.95. The van der Waals surface area contributed by atoms with E-state index in [1.165, 1.54) is 0 Å². The van der Waals surface area contributed by atoms with Crippen LogP contribution in [0.5, 0.6) is 5.75 Å². The Morgan fingerprint density at radius 2 is 2.04 bits per heavy atom. The van der Waals surface area contributed by atoms with Crippen LogP contribution in [0.4, 0.5) is 0 Å². The Labute approximate surface area is 158 Å². The largest absolute Gasteiger partial charge is 0.497 e. The molecule has 7 nitrogen and oxygen atoms in total. The van der Waals surface area contributed by atoms with Gasteiger partial charge in [-0.25, -0.2) is 0 Å². The highest BCUT2D eigenvalue weighted by atomic mass is 16.6. The van der Waals surface area contributed by atoms with Gasteiger partial charge in [0.25, 0.3) is 5.91 Å². The minimum atomic E-state index is -0.601. The number of ether oxygens (including phenoxy) is 1. The zero-order valence-corrected chi connectivity index (χ0v) is 15.6. The maximum Gasteiger partial charge on any atom is 0.265 e. The standard InChI is InChI=1S/C20H24N4O3/c1-24-13-14(12-21-24)17-11-18(27-23-17)19(25)22-20(9-3-4-10-20)15-5-7-16(26-2)8-6-15/h5-8,12-13,18H,3-4,9-11H2,1-2H3,(H,22,25)/t18-/m1/s1. The summed E-state index contributed by atoms with van der Waals surface area (Å²) in [4.78, 5) is 18.4. The molecule has 0 unspecified atom stereocenters. The Kier molecular flexibility index (Phi) is 4.59. The SMILES string of the molecule is COc1ccc(C2(NC(=O)[C@H]3CC(c4cnn(C)c4)=NO3)CCCC2)cc1. The predicted octanol–water partition coefficient (Wildman–Crippen LogP) is 2.51. The number of methoxy groups -OCH3 is 1. The van der Waals surface area contributed by atoms with Crippen molar-refractivity contribution in [2.45, 2.75) is 43.7 Å². The summed E-state index contributed by atoms with van der Waals surface area (Å²) >= 11 is 0. The average molecular weight is 368 g/mol. The highest BCUT2D eigenvalue weighted by Gasteiger charge is 2.40. The number of carbonyl (C=O) groups excluding carboxylic acids is 1. The summed E-state index contributed by atoms with van der Waals surface area (Å²) in [6, 6.07) is 7.96. The van der Waals surface area contributed by atoms with Gasteiger partial charge in [0.15, 0.2) is 0 Å². The number of amides is 1. The number of oxime groups is 1. The lowest BCUT2D eigenvalue weighted by molar-refractivity contribution is -0.133. The van der Waals surface area contributed by atoms with E-state index in [2.05, 4.69) is 15.6 Å². The maximum atomic E-state index is 12.9. The van der Waals surface area contributed by atoms with Crippen molar-refractivity contribution in [2.24, 2.45) is 12.2 Å². The molecule has 0 spiro atoms. The van der Waals surface area contributed by atoms with Gasteiger partial charge in [0, 0.05) is 25.2 Å². The fourth-order valence-corrected chi connectivity index (χ4v) is 3.95. The molecule has 1 aromatic carbocycles. The third-order valence-corrected chi connectivity index (χ3v) is 5.46. The highest BCUT2D eigenvalue weighted by molar-refractivity contribution is 6.03. The first-order valence-electron chi connectivity index (χ1n) is 9.28. The van der Waals surface area contributed by atoms with Gasteiger partial charge in [-0.1, -0.05) is 30.1 Å². The Morgan fingerprint density at radius 1 is 1.30 bits per heavy atom. The first-order chi connectivity index (χ1) is 13.1. The normalized spacial score (nSPS) is 20.8. The van der Waals surface area contributed by atoms with Crippen LogP contribution < -0.4 is 10.1 Å². The zero-order valence-electron chi connectivity index (χ0n) is 15.6. The van der Waals surface area contributed by atoms with E-state index in [4.69, 9.17) is 9.57 Å². The lowest BCUT2D eigenvalue weighted by atomic mass is 9.87. The van der Waals surface area contributed by atoms with Crippen LogP contribution >= 0.6 is 0 Å². The van der Waals surface area contributed by atoms with Gasteiger partial charge in [-0.2, -0.15) is 5.10 Å². The van der Waals surface area contributed by atoms with Gasteiger partial charge in [0.05, 0.1) is 24.6 Å². The number of benzene rings is 1. The topological polar surface area (TPSA) is 77.7 Å². The highest BCUT2D eigenvalue weighted by Crippen LogP contribution is 2.39. The first-order valence-corrected chi connectivity index (χ1v) is 9.28. The van der Waals surface area contributed by atoms with Crippen LogP contribution in [-0.2, 0) is 22.2 Å². The molecule has 1 amide bonds. The number of rotatable bonds is 5. The van der Waals surface area contributed by atoms with Crippen LogP contribution in [0.3, 0.4) is 0 Å². The van der Waals surface area contributed by atoms with E-state index in [0.717, 1.165) is 48.3 Å². The van der Waals surface area contributed by atoms with E-state index in [-0.39, 0.29) is 11.4 Å². The van der Waals surface area contributed by atoms with Crippen molar-refractivity contribution < 1.29 is 14.4 Å². The summed E-state index contributed by atoms with van der Waals surface area (Å²) in [6.45, 7) is 0. The Balaban J connectivity index is 1.47. The number of hydrogen-bond acceptors (Lipinski definition) is 5. The Morgan fingerprint density at radius 3 is 2.67 bits per heavy atom. The number of carbonyl (C=O) groups is 1. The van der Waals surface area contributed by atoms with Gasteiger partial charge in [0.1, 0.15) is 5.75 Å². The fraction of sp³-hybridized carbons (Fsp3) is 0.450. The van der Waals surface area contributed by atoms with Crippen molar-refractivity contribution >= 4 is 11.6 Å². The quantitative estimate of drug-likeness (QED) is 0.880. The number of aryl methyl sites for hydroxylation is 1. The summed E-state index contributed by atoms with van der Waals surface area (Å²) < 4.78 is 6.96. The second-order valence-corrected chi connectivity index (χ2v) is 7.25. The Hall–Kier alpha value is -2.83. The molecule has 7 heteroatoms. The lowest BCUT2D eigenvalue weighted by Crippen LogP contribution is -2.48. The van der Waals surface area contributed by atoms with Crippen LogP contribution in [0.1, 0.15) is 43.2 Å². The molecule has 1 aromatic heterocycles.